The highest BCUT2D eigenvalue weighted by molar-refractivity contribution is 9.10. The Bertz CT molecular complexity index is 838. The number of hydrogen-bond acceptors (Lipinski definition) is 4. The van der Waals surface area contributed by atoms with Gasteiger partial charge in [-0.15, -0.1) is 0 Å². The molecule has 0 fully saturated rings. The zero-order valence-electron chi connectivity index (χ0n) is 13.7. The Labute approximate surface area is 152 Å². The summed E-state index contributed by atoms with van der Waals surface area (Å²) in [7, 11) is 1.47. The van der Waals surface area contributed by atoms with Gasteiger partial charge in [0.2, 0.25) is 5.91 Å². The van der Waals surface area contributed by atoms with E-state index in [9.17, 15) is 19.7 Å². The van der Waals surface area contributed by atoms with E-state index in [2.05, 4.69) is 21.2 Å². The van der Waals surface area contributed by atoms with Gasteiger partial charge in [0.05, 0.1) is 17.2 Å². The third kappa shape index (κ3) is 4.63. The first-order valence-electron chi connectivity index (χ1n) is 7.34. The van der Waals surface area contributed by atoms with Crippen molar-refractivity contribution in [1.82, 2.24) is 4.90 Å². The van der Waals surface area contributed by atoms with Crippen LogP contribution in [0.1, 0.15) is 15.9 Å². The van der Waals surface area contributed by atoms with Gasteiger partial charge in [0, 0.05) is 28.7 Å². The second kappa shape index (κ2) is 7.89. The van der Waals surface area contributed by atoms with Crippen LogP contribution in [0.5, 0.6) is 0 Å². The lowest BCUT2D eigenvalue weighted by molar-refractivity contribution is -0.385. The molecule has 0 radical (unpaired) electrons. The molecule has 2 rings (SSSR count). The van der Waals surface area contributed by atoms with Gasteiger partial charge in [0.1, 0.15) is 0 Å². The fourth-order valence-corrected chi connectivity index (χ4v) is 2.58. The van der Waals surface area contributed by atoms with Crippen LogP contribution < -0.4 is 5.32 Å². The highest BCUT2D eigenvalue weighted by Gasteiger charge is 2.19. The summed E-state index contributed by atoms with van der Waals surface area (Å²) in [5.41, 5.74) is 1.10. The molecule has 0 aliphatic rings. The zero-order chi connectivity index (χ0) is 18.6. The number of nitro groups is 1. The number of benzene rings is 2. The van der Waals surface area contributed by atoms with Crippen molar-refractivity contribution in [3.8, 4) is 0 Å². The van der Waals surface area contributed by atoms with Crippen LogP contribution >= 0.6 is 15.9 Å². The van der Waals surface area contributed by atoms with Gasteiger partial charge >= 0.3 is 0 Å². The van der Waals surface area contributed by atoms with Gasteiger partial charge < -0.3 is 10.2 Å². The molecule has 0 aromatic heterocycles. The molecule has 0 aliphatic carbocycles. The first kappa shape index (κ1) is 18.6. The number of rotatable bonds is 5. The summed E-state index contributed by atoms with van der Waals surface area (Å²) in [4.78, 5) is 36.2. The Morgan fingerprint density at radius 2 is 1.92 bits per heavy atom. The second-order valence-corrected chi connectivity index (χ2v) is 6.30. The lowest BCUT2D eigenvalue weighted by Gasteiger charge is -2.17. The Morgan fingerprint density at radius 1 is 1.24 bits per heavy atom. The molecule has 0 aliphatic heterocycles. The Kier molecular flexibility index (Phi) is 5.87. The van der Waals surface area contributed by atoms with Gasteiger partial charge in [0.25, 0.3) is 11.6 Å². The molecule has 2 aromatic carbocycles. The third-order valence-corrected chi connectivity index (χ3v) is 4.22. The van der Waals surface area contributed by atoms with E-state index in [4.69, 9.17) is 0 Å². The first-order chi connectivity index (χ1) is 11.8. The number of nitrogens with zero attached hydrogens (tertiary/aromatic N) is 2. The number of nitrogens with one attached hydrogen (secondary N) is 1. The van der Waals surface area contributed by atoms with E-state index >= 15 is 0 Å². The van der Waals surface area contributed by atoms with Gasteiger partial charge in [-0.3, -0.25) is 19.7 Å². The van der Waals surface area contributed by atoms with Crippen molar-refractivity contribution in [2.75, 3.05) is 18.9 Å². The average Bonchev–Trinajstić information content (AvgIpc) is 2.56. The maximum atomic E-state index is 12.4. The van der Waals surface area contributed by atoms with Crippen LogP contribution in [0.4, 0.5) is 11.4 Å². The Hall–Kier alpha value is -2.74. The summed E-state index contributed by atoms with van der Waals surface area (Å²) in [6.07, 6.45) is 0. The van der Waals surface area contributed by atoms with Crippen molar-refractivity contribution in [3.63, 3.8) is 0 Å². The molecule has 0 unspecified atom stereocenters. The molecule has 0 bridgehead atoms. The number of halogens is 1. The molecule has 2 amide bonds. The largest absolute Gasteiger partial charge is 0.332 e. The number of hydrogen-bond donors (Lipinski definition) is 1. The van der Waals surface area contributed by atoms with Crippen LogP contribution in [0.2, 0.25) is 0 Å². The van der Waals surface area contributed by atoms with Crippen molar-refractivity contribution in [3.05, 3.63) is 68.2 Å². The number of nitro benzene ring substituents is 1. The SMILES string of the molecule is Cc1ccc(C(=O)N(C)CC(=O)Nc2ccccc2Br)cc1[N+](=O)[O-]. The number of para-hydroxylation sites is 1. The number of amides is 2. The van der Waals surface area contributed by atoms with Crippen LogP contribution in [0, 0.1) is 17.0 Å². The van der Waals surface area contributed by atoms with E-state index in [0.29, 0.717) is 11.3 Å². The minimum Gasteiger partial charge on any atom is -0.332 e. The fourth-order valence-electron chi connectivity index (χ4n) is 2.20. The molecule has 8 heteroatoms. The standard InChI is InChI=1S/C17H16BrN3O4/c1-11-7-8-12(9-15(11)21(24)25)17(23)20(2)10-16(22)19-14-6-4-3-5-13(14)18/h3-9H,10H2,1-2H3,(H,19,22). The summed E-state index contributed by atoms with van der Waals surface area (Å²) in [5, 5.41) is 13.7. The van der Waals surface area contributed by atoms with Crippen LogP contribution in [-0.2, 0) is 4.79 Å². The number of anilines is 1. The highest BCUT2D eigenvalue weighted by Crippen LogP contribution is 2.22. The minimum atomic E-state index is -0.536. The summed E-state index contributed by atoms with van der Waals surface area (Å²) >= 11 is 3.33. The lowest BCUT2D eigenvalue weighted by atomic mass is 10.1. The van der Waals surface area contributed by atoms with Crippen molar-refractivity contribution < 1.29 is 14.5 Å². The molecule has 1 N–H and O–H groups in total. The monoisotopic (exact) mass is 405 g/mol. The maximum Gasteiger partial charge on any atom is 0.273 e. The lowest BCUT2D eigenvalue weighted by Crippen LogP contribution is -2.35. The molecular weight excluding hydrogens is 390 g/mol. The van der Waals surface area contributed by atoms with Gasteiger partial charge in [-0.25, -0.2) is 0 Å². The molecule has 0 heterocycles. The quantitative estimate of drug-likeness (QED) is 0.609. The number of aryl methyl sites for hydroxylation is 1. The van der Waals surface area contributed by atoms with Gasteiger partial charge in [-0.1, -0.05) is 18.2 Å². The topological polar surface area (TPSA) is 92.6 Å². The van der Waals surface area contributed by atoms with Crippen LogP contribution in [0.15, 0.2) is 46.9 Å². The van der Waals surface area contributed by atoms with Crippen LogP contribution in [0.3, 0.4) is 0 Å². The number of carbonyl (C=O) groups is 2. The number of carbonyl (C=O) groups excluding carboxylic acids is 2. The van der Waals surface area contributed by atoms with E-state index in [1.165, 1.54) is 30.1 Å². The third-order valence-electron chi connectivity index (χ3n) is 3.53. The van der Waals surface area contributed by atoms with Crippen LogP contribution in [-0.4, -0.2) is 35.2 Å². The Balaban J connectivity index is 2.07. The fraction of sp³-hybridized carbons (Fsp3) is 0.176. The predicted molar refractivity (Wildman–Crippen MR) is 97.6 cm³/mol. The number of likely N-dealkylation sites (N-methyl/N-ethyl adjacent to an activating group) is 1. The molecule has 0 spiro atoms. The summed E-state index contributed by atoms with van der Waals surface area (Å²) in [6, 6.07) is 11.4. The predicted octanol–water partition coefficient (Wildman–Crippen LogP) is 3.38. The zero-order valence-corrected chi connectivity index (χ0v) is 15.2. The van der Waals surface area contributed by atoms with E-state index in [1.54, 1.807) is 25.1 Å². The highest BCUT2D eigenvalue weighted by atomic mass is 79.9. The van der Waals surface area contributed by atoms with E-state index in [0.717, 1.165) is 4.47 Å². The molecule has 0 saturated carbocycles. The summed E-state index contributed by atoms with van der Waals surface area (Å²) < 4.78 is 0.728. The summed E-state index contributed by atoms with van der Waals surface area (Å²) in [6.45, 7) is 1.42. The van der Waals surface area contributed by atoms with Crippen molar-refractivity contribution in [2.45, 2.75) is 6.92 Å². The second-order valence-electron chi connectivity index (χ2n) is 5.45. The minimum absolute atomic E-state index is 0.128. The molecule has 130 valence electrons. The van der Waals surface area contributed by atoms with Crippen molar-refractivity contribution >= 4 is 39.1 Å². The van der Waals surface area contributed by atoms with E-state index < -0.39 is 10.8 Å². The van der Waals surface area contributed by atoms with Gasteiger partial charge in [-0.05, 0) is 41.1 Å². The van der Waals surface area contributed by atoms with Gasteiger partial charge in [-0.2, -0.15) is 0 Å². The molecule has 7 nitrogen and oxygen atoms in total. The molecule has 25 heavy (non-hydrogen) atoms. The van der Waals surface area contributed by atoms with E-state index in [-0.39, 0.29) is 23.7 Å². The van der Waals surface area contributed by atoms with Crippen LogP contribution in [0.25, 0.3) is 0 Å². The molecule has 0 saturated heterocycles. The summed E-state index contributed by atoms with van der Waals surface area (Å²) in [5.74, 6) is -0.838. The first-order valence-corrected chi connectivity index (χ1v) is 8.13. The Morgan fingerprint density at radius 3 is 2.56 bits per heavy atom. The normalized spacial score (nSPS) is 10.2. The van der Waals surface area contributed by atoms with Crippen molar-refractivity contribution in [1.29, 1.82) is 0 Å². The van der Waals surface area contributed by atoms with Gasteiger partial charge in [0.15, 0.2) is 0 Å². The van der Waals surface area contributed by atoms with Crippen molar-refractivity contribution in [2.24, 2.45) is 0 Å². The average molecular weight is 406 g/mol. The molecular formula is C17H16BrN3O4. The molecule has 0 atom stereocenters. The smallest absolute Gasteiger partial charge is 0.273 e. The van der Waals surface area contributed by atoms with E-state index in [1.807, 2.05) is 6.07 Å². The molecule has 2 aromatic rings. The maximum absolute atomic E-state index is 12.4.